The van der Waals surface area contributed by atoms with Crippen LogP contribution < -0.4 is 9.64 Å². The Balaban J connectivity index is 1.30. The van der Waals surface area contributed by atoms with Crippen molar-refractivity contribution in [1.29, 1.82) is 0 Å². The first kappa shape index (κ1) is 22.3. The maximum absolute atomic E-state index is 13.3. The van der Waals surface area contributed by atoms with Crippen LogP contribution in [0.25, 0.3) is 10.8 Å². The SMILES string of the molecule is Cc1ccc(Oc2cc(N3CCN(S(=O)(=O)c4ccc5ccccc5c4)CC3)nc(C)n2)cc1. The Morgan fingerprint density at radius 3 is 2.24 bits per heavy atom. The zero-order valence-corrected chi connectivity index (χ0v) is 20.0. The van der Waals surface area contributed by atoms with Crippen LogP contribution in [0.2, 0.25) is 0 Å². The lowest BCUT2D eigenvalue weighted by Gasteiger charge is -2.34. The summed E-state index contributed by atoms with van der Waals surface area (Å²) in [6, 6.07) is 22.7. The highest BCUT2D eigenvalue weighted by molar-refractivity contribution is 7.89. The molecule has 1 fully saturated rings. The average Bonchev–Trinajstić information content (AvgIpc) is 2.85. The van der Waals surface area contributed by atoms with Crippen LogP contribution in [0.15, 0.2) is 77.7 Å². The number of sulfonamides is 1. The van der Waals surface area contributed by atoms with Crippen LogP contribution in [0.5, 0.6) is 11.6 Å². The molecule has 0 spiro atoms. The van der Waals surface area contributed by atoms with Gasteiger partial charge in [-0.05, 0) is 48.9 Å². The predicted molar refractivity (Wildman–Crippen MR) is 133 cm³/mol. The first-order valence-electron chi connectivity index (χ1n) is 11.2. The van der Waals surface area contributed by atoms with Gasteiger partial charge in [-0.25, -0.2) is 13.4 Å². The van der Waals surface area contributed by atoms with Gasteiger partial charge < -0.3 is 9.64 Å². The Morgan fingerprint density at radius 1 is 0.794 bits per heavy atom. The fourth-order valence-electron chi connectivity index (χ4n) is 4.10. The first-order valence-corrected chi connectivity index (χ1v) is 12.7. The number of rotatable bonds is 5. The maximum Gasteiger partial charge on any atom is 0.243 e. The third kappa shape index (κ3) is 4.60. The van der Waals surface area contributed by atoms with Crippen molar-refractivity contribution in [3.8, 4) is 11.6 Å². The predicted octanol–water partition coefficient (Wildman–Crippen LogP) is 4.55. The van der Waals surface area contributed by atoms with Crippen molar-refractivity contribution in [2.45, 2.75) is 18.7 Å². The van der Waals surface area contributed by atoms with E-state index in [1.165, 1.54) is 0 Å². The molecule has 5 rings (SSSR count). The Bertz CT molecular complexity index is 1430. The highest BCUT2D eigenvalue weighted by Gasteiger charge is 2.29. The number of ether oxygens (including phenoxy) is 1. The molecule has 1 aromatic heterocycles. The molecule has 7 nitrogen and oxygen atoms in total. The van der Waals surface area contributed by atoms with E-state index in [-0.39, 0.29) is 0 Å². The average molecular weight is 475 g/mol. The van der Waals surface area contributed by atoms with Gasteiger partial charge in [-0.1, -0.05) is 48.0 Å². The van der Waals surface area contributed by atoms with Crippen molar-refractivity contribution in [3.05, 3.63) is 84.2 Å². The van der Waals surface area contributed by atoms with Gasteiger partial charge in [-0.15, -0.1) is 0 Å². The zero-order valence-electron chi connectivity index (χ0n) is 19.2. The largest absolute Gasteiger partial charge is 0.439 e. The van der Waals surface area contributed by atoms with Gasteiger partial charge in [0.25, 0.3) is 0 Å². The van der Waals surface area contributed by atoms with Crippen LogP contribution in [0, 0.1) is 13.8 Å². The summed E-state index contributed by atoms with van der Waals surface area (Å²) >= 11 is 0. The van der Waals surface area contributed by atoms with E-state index >= 15 is 0 Å². The normalized spacial score (nSPS) is 14.9. The minimum Gasteiger partial charge on any atom is -0.439 e. The lowest BCUT2D eigenvalue weighted by molar-refractivity contribution is 0.383. The van der Waals surface area contributed by atoms with Crippen LogP contribution in [-0.4, -0.2) is 48.9 Å². The highest BCUT2D eigenvalue weighted by Crippen LogP contribution is 2.26. The van der Waals surface area contributed by atoms with Crippen LogP contribution in [0.1, 0.15) is 11.4 Å². The standard InChI is InChI=1S/C26H26N4O3S/c1-19-7-10-23(11-8-19)33-26-18-25(27-20(2)28-26)29-13-15-30(16-14-29)34(31,32)24-12-9-21-5-3-4-6-22(21)17-24/h3-12,17-18H,13-16H2,1-2H3. The number of hydrogen-bond acceptors (Lipinski definition) is 6. The first-order chi connectivity index (χ1) is 16.4. The lowest BCUT2D eigenvalue weighted by Crippen LogP contribution is -2.49. The molecular weight excluding hydrogens is 448 g/mol. The molecule has 1 saturated heterocycles. The highest BCUT2D eigenvalue weighted by atomic mass is 32.2. The second-order valence-electron chi connectivity index (χ2n) is 8.43. The molecule has 0 aliphatic carbocycles. The summed E-state index contributed by atoms with van der Waals surface area (Å²) in [5.41, 5.74) is 1.16. The van der Waals surface area contributed by atoms with Crippen LogP contribution in [0.3, 0.4) is 0 Å². The number of benzene rings is 3. The maximum atomic E-state index is 13.3. The van der Waals surface area contributed by atoms with E-state index in [0.717, 1.165) is 22.2 Å². The lowest BCUT2D eigenvalue weighted by atomic mass is 10.1. The van der Waals surface area contributed by atoms with Crippen molar-refractivity contribution < 1.29 is 13.2 Å². The van der Waals surface area contributed by atoms with E-state index in [1.54, 1.807) is 22.5 Å². The van der Waals surface area contributed by atoms with Crippen molar-refractivity contribution in [3.63, 3.8) is 0 Å². The van der Waals surface area contributed by atoms with E-state index < -0.39 is 10.0 Å². The molecule has 0 unspecified atom stereocenters. The summed E-state index contributed by atoms with van der Waals surface area (Å²) in [6.07, 6.45) is 0. The smallest absolute Gasteiger partial charge is 0.243 e. The molecule has 8 heteroatoms. The van der Waals surface area contributed by atoms with E-state index in [2.05, 4.69) is 14.9 Å². The molecule has 2 heterocycles. The Labute approximate surface area is 199 Å². The quantitative estimate of drug-likeness (QED) is 0.422. The summed E-state index contributed by atoms with van der Waals surface area (Å²) < 4.78 is 34.0. The van der Waals surface area contributed by atoms with Crippen molar-refractivity contribution in [1.82, 2.24) is 14.3 Å². The van der Waals surface area contributed by atoms with E-state index in [4.69, 9.17) is 4.74 Å². The fourth-order valence-corrected chi connectivity index (χ4v) is 5.56. The molecule has 0 bridgehead atoms. The van der Waals surface area contributed by atoms with Gasteiger partial charge in [-0.3, -0.25) is 0 Å². The molecule has 1 aliphatic rings. The monoisotopic (exact) mass is 474 g/mol. The molecule has 174 valence electrons. The van der Waals surface area contributed by atoms with Gasteiger partial charge in [0.15, 0.2) is 0 Å². The summed E-state index contributed by atoms with van der Waals surface area (Å²) in [7, 11) is -3.57. The molecule has 4 aromatic rings. The van der Waals surface area contributed by atoms with Gasteiger partial charge in [0.05, 0.1) is 4.90 Å². The summed E-state index contributed by atoms with van der Waals surface area (Å²) in [5.74, 6) is 2.52. The number of nitrogens with zero attached hydrogens (tertiary/aromatic N) is 4. The molecule has 0 N–H and O–H groups in total. The number of piperazine rings is 1. The zero-order chi connectivity index (χ0) is 23.7. The van der Waals surface area contributed by atoms with Crippen LogP contribution >= 0.6 is 0 Å². The summed E-state index contributed by atoms with van der Waals surface area (Å²) in [4.78, 5) is 11.4. The minimum absolute atomic E-state index is 0.325. The molecule has 0 amide bonds. The van der Waals surface area contributed by atoms with Crippen molar-refractivity contribution >= 4 is 26.6 Å². The Kier molecular flexibility index (Phi) is 5.93. The molecule has 3 aromatic carbocycles. The molecule has 0 saturated carbocycles. The minimum atomic E-state index is -3.57. The van der Waals surface area contributed by atoms with Gasteiger partial charge in [0, 0.05) is 32.2 Å². The fraction of sp³-hybridized carbons (Fsp3) is 0.231. The van der Waals surface area contributed by atoms with Gasteiger partial charge in [0.2, 0.25) is 15.9 Å². The number of fused-ring (bicyclic) bond motifs is 1. The van der Waals surface area contributed by atoms with Gasteiger partial charge >= 0.3 is 0 Å². The van der Waals surface area contributed by atoms with Crippen molar-refractivity contribution in [2.75, 3.05) is 31.1 Å². The van der Waals surface area contributed by atoms with Gasteiger partial charge in [0.1, 0.15) is 17.4 Å². The second kappa shape index (κ2) is 9.04. The van der Waals surface area contributed by atoms with E-state index in [0.29, 0.717) is 48.5 Å². The second-order valence-corrected chi connectivity index (χ2v) is 10.4. The van der Waals surface area contributed by atoms with Crippen LogP contribution in [-0.2, 0) is 10.0 Å². The third-order valence-corrected chi connectivity index (χ3v) is 7.86. The molecular formula is C26H26N4O3S. The van der Waals surface area contributed by atoms with Crippen molar-refractivity contribution in [2.24, 2.45) is 0 Å². The van der Waals surface area contributed by atoms with E-state index in [9.17, 15) is 8.42 Å². The molecule has 34 heavy (non-hydrogen) atoms. The molecule has 1 aliphatic heterocycles. The number of aromatic nitrogens is 2. The topological polar surface area (TPSA) is 75.6 Å². The third-order valence-electron chi connectivity index (χ3n) is 5.97. The summed E-state index contributed by atoms with van der Waals surface area (Å²) in [5, 5.41) is 1.94. The Morgan fingerprint density at radius 2 is 1.50 bits per heavy atom. The number of anilines is 1. The molecule has 0 atom stereocenters. The number of hydrogen-bond donors (Lipinski definition) is 0. The number of aryl methyl sites for hydroxylation is 2. The van der Waals surface area contributed by atoms with Crippen LogP contribution in [0.4, 0.5) is 5.82 Å². The molecule has 0 radical (unpaired) electrons. The Hall–Kier alpha value is -3.49. The summed E-state index contributed by atoms with van der Waals surface area (Å²) in [6.45, 7) is 5.68. The van der Waals surface area contributed by atoms with Gasteiger partial charge in [-0.2, -0.15) is 9.29 Å². The van der Waals surface area contributed by atoms with E-state index in [1.807, 2.05) is 68.4 Å².